The predicted octanol–water partition coefficient (Wildman–Crippen LogP) is 8.85. The summed E-state index contributed by atoms with van der Waals surface area (Å²) >= 11 is 6.48. The minimum atomic E-state index is -0.171. The summed E-state index contributed by atoms with van der Waals surface area (Å²) in [6, 6.07) is 13.2. The fourth-order valence-corrected chi connectivity index (χ4v) is 5.78. The molecule has 2 heteroatoms. The highest BCUT2D eigenvalue weighted by Gasteiger charge is 2.24. The molecule has 0 N–H and O–H groups in total. The maximum atomic E-state index is 15.0. The third-order valence-electron chi connectivity index (χ3n) is 7.80. The van der Waals surface area contributed by atoms with E-state index in [1.54, 1.807) is 0 Å². The number of rotatable bonds is 5. The molecule has 2 aromatic rings. The van der Waals surface area contributed by atoms with Crippen molar-refractivity contribution >= 4 is 11.6 Å². The zero-order valence-corrected chi connectivity index (χ0v) is 19.4. The van der Waals surface area contributed by atoms with Gasteiger partial charge in [-0.2, -0.15) is 0 Å². The van der Waals surface area contributed by atoms with Crippen molar-refractivity contribution < 1.29 is 4.39 Å². The molecular formula is C28H36ClF. The van der Waals surface area contributed by atoms with E-state index in [1.807, 2.05) is 6.07 Å². The van der Waals surface area contributed by atoms with E-state index in [0.717, 1.165) is 54.6 Å². The van der Waals surface area contributed by atoms with Crippen molar-refractivity contribution in [2.24, 2.45) is 11.8 Å². The van der Waals surface area contributed by atoms with Crippen LogP contribution in [0.5, 0.6) is 0 Å². The number of halogens is 2. The van der Waals surface area contributed by atoms with Crippen molar-refractivity contribution in [1.82, 2.24) is 0 Å². The predicted molar refractivity (Wildman–Crippen MR) is 126 cm³/mol. The third kappa shape index (κ3) is 5.10. The van der Waals surface area contributed by atoms with Crippen LogP contribution < -0.4 is 0 Å². The third-order valence-corrected chi connectivity index (χ3v) is 8.21. The molecule has 0 radical (unpaired) electrons. The molecule has 0 nitrogen and oxygen atoms in total. The fraction of sp³-hybridized carbons (Fsp3) is 0.571. The van der Waals surface area contributed by atoms with Crippen LogP contribution in [0, 0.1) is 17.7 Å². The second-order valence-corrected chi connectivity index (χ2v) is 10.5. The Morgan fingerprint density at radius 2 is 1.30 bits per heavy atom. The molecule has 0 spiro atoms. The lowest BCUT2D eigenvalue weighted by Gasteiger charge is -2.27. The topological polar surface area (TPSA) is 0 Å². The Hall–Kier alpha value is -1.34. The molecule has 30 heavy (non-hydrogen) atoms. The number of aryl methyl sites for hydroxylation is 2. The first-order chi connectivity index (χ1) is 14.5. The van der Waals surface area contributed by atoms with E-state index in [4.69, 9.17) is 11.6 Å². The van der Waals surface area contributed by atoms with Gasteiger partial charge in [0.05, 0.1) is 5.02 Å². The van der Waals surface area contributed by atoms with Crippen molar-refractivity contribution in [1.29, 1.82) is 0 Å². The van der Waals surface area contributed by atoms with Crippen molar-refractivity contribution in [3.8, 4) is 0 Å². The molecule has 0 aliphatic heterocycles. The molecule has 2 aliphatic rings. The maximum absolute atomic E-state index is 15.0. The van der Waals surface area contributed by atoms with Crippen molar-refractivity contribution in [2.75, 3.05) is 0 Å². The van der Waals surface area contributed by atoms with Crippen molar-refractivity contribution in [3.63, 3.8) is 0 Å². The molecule has 0 bridgehead atoms. The molecule has 0 heterocycles. The average molecular weight is 427 g/mol. The van der Waals surface area contributed by atoms with E-state index in [0.29, 0.717) is 10.9 Å². The monoisotopic (exact) mass is 426 g/mol. The second kappa shape index (κ2) is 9.86. The Kier molecular flexibility index (Phi) is 7.19. The van der Waals surface area contributed by atoms with Crippen LogP contribution in [0.2, 0.25) is 5.02 Å². The van der Waals surface area contributed by atoms with Gasteiger partial charge < -0.3 is 0 Å². The van der Waals surface area contributed by atoms with Gasteiger partial charge in [-0.1, -0.05) is 87.5 Å². The minimum Gasteiger partial charge on any atom is -0.205 e. The van der Waals surface area contributed by atoms with Gasteiger partial charge in [0, 0.05) is 0 Å². The fourth-order valence-electron chi connectivity index (χ4n) is 5.51. The lowest BCUT2D eigenvalue weighted by atomic mass is 9.79. The summed E-state index contributed by atoms with van der Waals surface area (Å²) in [5.41, 5.74) is 4.57. The smallest absolute Gasteiger partial charge is 0.145 e. The Bertz CT molecular complexity index is 824. The second-order valence-electron chi connectivity index (χ2n) is 10.1. The van der Waals surface area contributed by atoms with Gasteiger partial charge in [-0.25, -0.2) is 4.39 Å². The van der Waals surface area contributed by atoms with E-state index in [1.165, 1.54) is 49.7 Å². The van der Waals surface area contributed by atoms with Gasteiger partial charge in [-0.3, -0.25) is 0 Å². The first-order valence-corrected chi connectivity index (χ1v) is 12.4. The van der Waals surface area contributed by atoms with Crippen LogP contribution >= 0.6 is 11.6 Å². The number of benzene rings is 2. The molecule has 4 rings (SSSR count). The van der Waals surface area contributed by atoms with Gasteiger partial charge in [0.25, 0.3) is 0 Å². The summed E-state index contributed by atoms with van der Waals surface area (Å²) in [4.78, 5) is 0. The van der Waals surface area contributed by atoms with Gasteiger partial charge >= 0.3 is 0 Å². The quantitative estimate of drug-likeness (QED) is 0.447. The standard InChI is InChI=1S/C28H36ClF/c1-19-3-10-22(11-4-19)23-14-7-21(8-15-23)9-16-25-17-18-26(28(30)27(25)29)24-12-5-20(2)6-13-24/h7-8,14-15,17-20,22,24H,3-6,9-13,16H2,1-2H3. The van der Waals surface area contributed by atoms with E-state index < -0.39 is 0 Å². The van der Waals surface area contributed by atoms with Crippen LogP contribution in [0.15, 0.2) is 36.4 Å². The Balaban J connectivity index is 1.37. The summed E-state index contributed by atoms with van der Waals surface area (Å²) in [7, 11) is 0. The lowest BCUT2D eigenvalue weighted by Crippen LogP contribution is -2.12. The van der Waals surface area contributed by atoms with Crippen LogP contribution in [0.25, 0.3) is 0 Å². The van der Waals surface area contributed by atoms with Crippen LogP contribution in [0.4, 0.5) is 4.39 Å². The number of hydrogen-bond donors (Lipinski definition) is 0. The molecular weight excluding hydrogens is 391 g/mol. The first-order valence-electron chi connectivity index (χ1n) is 12.1. The van der Waals surface area contributed by atoms with Crippen LogP contribution in [0.3, 0.4) is 0 Å². The minimum absolute atomic E-state index is 0.171. The molecule has 2 aromatic carbocycles. The van der Waals surface area contributed by atoms with Crippen LogP contribution in [0.1, 0.15) is 99.3 Å². The summed E-state index contributed by atoms with van der Waals surface area (Å²) < 4.78 is 15.0. The molecule has 2 saturated carbocycles. The highest BCUT2D eigenvalue weighted by Crippen LogP contribution is 2.39. The molecule has 0 saturated heterocycles. The van der Waals surface area contributed by atoms with Crippen LogP contribution in [-0.4, -0.2) is 0 Å². The maximum Gasteiger partial charge on any atom is 0.145 e. The highest BCUT2D eigenvalue weighted by molar-refractivity contribution is 6.31. The summed E-state index contributed by atoms with van der Waals surface area (Å²) in [6.45, 7) is 4.67. The van der Waals surface area contributed by atoms with Crippen LogP contribution in [-0.2, 0) is 12.8 Å². The zero-order chi connectivity index (χ0) is 21.1. The van der Waals surface area contributed by atoms with Crippen molar-refractivity contribution in [2.45, 2.75) is 89.9 Å². The van der Waals surface area contributed by atoms with E-state index in [-0.39, 0.29) is 5.82 Å². The zero-order valence-electron chi connectivity index (χ0n) is 18.6. The Labute approximate surface area is 187 Å². The van der Waals surface area contributed by atoms with Gasteiger partial charge in [0.2, 0.25) is 0 Å². The number of hydrogen-bond acceptors (Lipinski definition) is 0. The molecule has 162 valence electrons. The van der Waals surface area contributed by atoms with Gasteiger partial charge in [-0.15, -0.1) is 0 Å². The largest absolute Gasteiger partial charge is 0.205 e. The van der Waals surface area contributed by atoms with E-state index >= 15 is 4.39 Å². The summed E-state index contributed by atoms with van der Waals surface area (Å²) in [5, 5.41) is 0.346. The summed E-state index contributed by atoms with van der Waals surface area (Å²) in [6.07, 6.45) is 11.6. The first kappa shape index (κ1) is 21.9. The molecule has 0 unspecified atom stereocenters. The molecule has 0 amide bonds. The normalized spacial score (nSPS) is 27.2. The Morgan fingerprint density at radius 1 is 0.733 bits per heavy atom. The average Bonchev–Trinajstić information content (AvgIpc) is 2.77. The van der Waals surface area contributed by atoms with Gasteiger partial charge in [0.1, 0.15) is 5.82 Å². The molecule has 0 atom stereocenters. The highest BCUT2D eigenvalue weighted by atomic mass is 35.5. The lowest BCUT2D eigenvalue weighted by molar-refractivity contribution is 0.342. The SMILES string of the molecule is CC1CCC(c2ccc(CCc3ccc(C4CCC(C)CC4)c(F)c3Cl)cc2)CC1. The van der Waals surface area contributed by atoms with Gasteiger partial charge in [0.15, 0.2) is 0 Å². The summed E-state index contributed by atoms with van der Waals surface area (Å²) in [5.74, 6) is 2.55. The van der Waals surface area contributed by atoms with Gasteiger partial charge in [-0.05, 0) is 84.5 Å². The molecule has 0 aromatic heterocycles. The van der Waals surface area contributed by atoms with E-state index in [9.17, 15) is 0 Å². The molecule has 2 aliphatic carbocycles. The van der Waals surface area contributed by atoms with E-state index in [2.05, 4.69) is 44.2 Å². The Morgan fingerprint density at radius 3 is 1.90 bits per heavy atom. The van der Waals surface area contributed by atoms with Crippen molar-refractivity contribution in [3.05, 3.63) is 69.5 Å². The molecule has 2 fully saturated rings.